The van der Waals surface area contributed by atoms with E-state index in [0.29, 0.717) is 5.92 Å². The molecule has 0 aromatic heterocycles. The van der Waals surface area contributed by atoms with Gasteiger partial charge in [-0.1, -0.05) is 137 Å². The van der Waals surface area contributed by atoms with Crippen molar-refractivity contribution in [3.8, 4) is 0 Å². The van der Waals surface area contributed by atoms with Gasteiger partial charge < -0.3 is 8.85 Å². The summed E-state index contributed by atoms with van der Waals surface area (Å²) in [6.07, 6.45) is 23.6. The molecule has 0 radical (unpaired) electrons. The normalized spacial score (nSPS) is 12.2. The SMILES string of the molecule is CCCCCCCCCCCCCCCCCO[Si](CC)(CC)OCC(CC)CC. The molecule has 0 bridgehead atoms. The molecule has 0 saturated heterocycles. The van der Waals surface area contributed by atoms with Crippen LogP contribution >= 0.6 is 0 Å². The molecule has 0 saturated carbocycles. The summed E-state index contributed by atoms with van der Waals surface area (Å²) in [5.41, 5.74) is 0. The summed E-state index contributed by atoms with van der Waals surface area (Å²) in [6, 6.07) is 2.17. The van der Waals surface area contributed by atoms with Gasteiger partial charge >= 0.3 is 8.56 Å². The maximum atomic E-state index is 6.41. The molecule has 0 aliphatic rings. The van der Waals surface area contributed by atoms with Crippen molar-refractivity contribution in [1.82, 2.24) is 0 Å². The predicted octanol–water partition coefficient (Wildman–Crippen LogP) is 9.81. The van der Waals surface area contributed by atoms with Crippen LogP contribution in [0.1, 0.15) is 144 Å². The monoisotopic (exact) mass is 442 g/mol. The molecule has 0 heterocycles. The van der Waals surface area contributed by atoms with Gasteiger partial charge in [0.15, 0.2) is 0 Å². The van der Waals surface area contributed by atoms with Crippen LogP contribution in [0.4, 0.5) is 0 Å². The maximum absolute atomic E-state index is 6.41. The molecule has 0 spiro atoms. The molecule has 0 amide bonds. The van der Waals surface area contributed by atoms with Crippen LogP contribution in [0.3, 0.4) is 0 Å². The largest absolute Gasteiger partial charge is 0.394 e. The van der Waals surface area contributed by atoms with E-state index in [4.69, 9.17) is 8.85 Å². The number of unbranched alkanes of at least 4 members (excludes halogenated alkanes) is 14. The van der Waals surface area contributed by atoms with Crippen LogP contribution in [0.2, 0.25) is 12.1 Å². The van der Waals surface area contributed by atoms with Gasteiger partial charge in [0.2, 0.25) is 0 Å². The molecule has 0 aromatic rings. The predicted molar refractivity (Wildman–Crippen MR) is 138 cm³/mol. The minimum atomic E-state index is -1.95. The van der Waals surface area contributed by atoms with Crippen molar-refractivity contribution in [3.63, 3.8) is 0 Å². The first-order valence-corrected chi connectivity index (χ1v) is 16.2. The average molecular weight is 443 g/mol. The van der Waals surface area contributed by atoms with E-state index in [1.54, 1.807) is 0 Å². The Morgan fingerprint density at radius 2 is 0.900 bits per heavy atom. The summed E-state index contributed by atoms with van der Waals surface area (Å²) in [4.78, 5) is 0. The maximum Gasteiger partial charge on any atom is 0.337 e. The van der Waals surface area contributed by atoms with Crippen LogP contribution in [-0.2, 0) is 8.85 Å². The molecule has 0 rings (SSSR count). The Balaban J connectivity index is 3.55. The fourth-order valence-electron chi connectivity index (χ4n) is 4.23. The van der Waals surface area contributed by atoms with Crippen molar-refractivity contribution in [2.24, 2.45) is 5.92 Å². The molecule has 3 heteroatoms. The fraction of sp³-hybridized carbons (Fsp3) is 1.00. The third kappa shape index (κ3) is 16.8. The molecule has 0 N–H and O–H groups in total. The van der Waals surface area contributed by atoms with Crippen molar-refractivity contribution >= 4 is 8.56 Å². The molecule has 0 aliphatic heterocycles. The van der Waals surface area contributed by atoms with Crippen LogP contribution in [0.15, 0.2) is 0 Å². The zero-order chi connectivity index (χ0) is 22.3. The van der Waals surface area contributed by atoms with Gasteiger partial charge in [-0.25, -0.2) is 0 Å². The minimum Gasteiger partial charge on any atom is -0.394 e. The van der Waals surface area contributed by atoms with Gasteiger partial charge in [-0.15, -0.1) is 0 Å². The van der Waals surface area contributed by atoms with Crippen molar-refractivity contribution in [3.05, 3.63) is 0 Å². The molecule has 2 nitrogen and oxygen atoms in total. The number of hydrogen-bond donors (Lipinski definition) is 0. The van der Waals surface area contributed by atoms with E-state index >= 15 is 0 Å². The lowest BCUT2D eigenvalue weighted by molar-refractivity contribution is 0.140. The number of rotatable bonds is 24. The average Bonchev–Trinajstić information content (AvgIpc) is 2.78. The molecule has 0 atom stereocenters. The second-order valence-corrected chi connectivity index (χ2v) is 13.2. The molecule has 30 heavy (non-hydrogen) atoms. The van der Waals surface area contributed by atoms with E-state index in [2.05, 4.69) is 34.6 Å². The Morgan fingerprint density at radius 3 is 1.27 bits per heavy atom. The van der Waals surface area contributed by atoms with E-state index in [9.17, 15) is 0 Å². The number of hydrogen-bond acceptors (Lipinski definition) is 2. The highest BCUT2D eigenvalue weighted by Gasteiger charge is 2.33. The Bertz CT molecular complexity index is 327. The fourth-order valence-corrected chi connectivity index (χ4v) is 6.68. The van der Waals surface area contributed by atoms with Gasteiger partial charge in [0, 0.05) is 13.2 Å². The molecule has 0 unspecified atom stereocenters. The van der Waals surface area contributed by atoms with Gasteiger partial charge in [-0.2, -0.15) is 0 Å². The van der Waals surface area contributed by atoms with Crippen LogP contribution in [0.25, 0.3) is 0 Å². The van der Waals surface area contributed by atoms with Crippen LogP contribution in [-0.4, -0.2) is 21.8 Å². The summed E-state index contributed by atoms with van der Waals surface area (Å²) in [5, 5.41) is 0. The summed E-state index contributed by atoms with van der Waals surface area (Å²) in [6.45, 7) is 13.2. The van der Waals surface area contributed by atoms with Gasteiger partial charge in [0.25, 0.3) is 0 Å². The van der Waals surface area contributed by atoms with E-state index in [1.807, 2.05) is 0 Å². The minimum absolute atomic E-state index is 0.698. The van der Waals surface area contributed by atoms with Gasteiger partial charge in [-0.05, 0) is 24.4 Å². The third-order valence-corrected chi connectivity index (χ3v) is 10.5. The molecule has 0 aliphatic carbocycles. The molecular formula is C27H58O2Si. The smallest absolute Gasteiger partial charge is 0.337 e. The molecule has 182 valence electrons. The van der Waals surface area contributed by atoms with Gasteiger partial charge in [-0.3, -0.25) is 0 Å². The zero-order valence-corrected chi connectivity index (χ0v) is 22.7. The molecular weight excluding hydrogens is 384 g/mol. The summed E-state index contributed by atoms with van der Waals surface area (Å²) >= 11 is 0. The first-order chi connectivity index (χ1) is 14.7. The standard InChI is InChI=1S/C27H58O2Si/c1-6-11-12-13-14-15-16-17-18-19-20-21-22-23-24-25-28-30(9-4,10-5)29-26-27(7-2)8-3/h27H,6-26H2,1-5H3. The Hall–Kier alpha value is 0.137. The highest BCUT2D eigenvalue weighted by atomic mass is 28.4. The van der Waals surface area contributed by atoms with Gasteiger partial charge in [0.05, 0.1) is 0 Å². The Morgan fingerprint density at radius 1 is 0.500 bits per heavy atom. The lowest BCUT2D eigenvalue weighted by atomic mass is 10.0. The molecule has 0 aromatic carbocycles. The van der Waals surface area contributed by atoms with Crippen LogP contribution < -0.4 is 0 Å². The van der Waals surface area contributed by atoms with E-state index in [1.165, 1.54) is 109 Å². The lowest BCUT2D eigenvalue weighted by Gasteiger charge is -2.30. The van der Waals surface area contributed by atoms with Crippen LogP contribution in [0, 0.1) is 5.92 Å². The van der Waals surface area contributed by atoms with Crippen LogP contribution in [0.5, 0.6) is 0 Å². The lowest BCUT2D eigenvalue weighted by Crippen LogP contribution is -2.42. The van der Waals surface area contributed by atoms with Crippen molar-refractivity contribution in [2.45, 2.75) is 156 Å². The Kier molecular flexibility index (Phi) is 22.4. The Labute approximate surface area is 192 Å². The van der Waals surface area contributed by atoms with Crippen molar-refractivity contribution in [2.75, 3.05) is 13.2 Å². The highest BCUT2D eigenvalue weighted by molar-refractivity contribution is 6.67. The van der Waals surface area contributed by atoms with E-state index < -0.39 is 8.56 Å². The van der Waals surface area contributed by atoms with E-state index in [-0.39, 0.29) is 0 Å². The first-order valence-electron chi connectivity index (χ1n) is 14.0. The summed E-state index contributed by atoms with van der Waals surface area (Å²) in [5.74, 6) is 0.698. The molecule has 0 fully saturated rings. The zero-order valence-electron chi connectivity index (χ0n) is 21.7. The van der Waals surface area contributed by atoms with Gasteiger partial charge in [0.1, 0.15) is 0 Å². The second-order valence-electron chi connectivity index (χ2n) is 9.41. The highest BCUT2D eigenvalue weighted by Crippen LogP contribution is 2.22. The topological polar surface area (TPSA) is 18.5 Å². The van der Waals surface area contributed by atoms with Crippen molar-refractivity contribution in [1.29, 1.82) is 0 Å². The summed E-state index contributed by atoms with van der Waals surface area (Å²) < 4.78 is 12.8. The quantitative estimate of drug-likeness (QED) is 0.109. The van der Waals surface area contributed by atoms with Crippen molar-refractivity contribution < 1.29 is 8.85 Å². The third-order valence-electron chi connectivity index (χ3n) is 6.93. The van der Waals surface area contributed by atoms with E-state index in [0.717, 1.165) is 25.3 Å². The first kappa shape index (κ1) is 30.1. The summed E-state index contributed by atoms with van der Waals surface area (Å²) in [7, 11) is -1.95. The second kappa shape index (κ2) is 22.3.